The first-order chi connectivity index (χ1) is 13.0. The summed E-state index contributed by atoms with van der Waals surface area (Å²) in [7, 11) is 0. The third kappa shape index (κ3) is 3.46. The fraction of sp³-hybridized carbons (Fsp3) is 0.556. The SMILES string of the molecule is CC(=O)N1CC2(CCN(Cc3nnc(-c4ccco4)o3)CC2)C[C@H]1C(=O)O. The molecule has 1 amide bonds. The van der Waals surface area contributed by atoms with Crippen LogP contribution < -0.4 is 0 Å². The van der Waals surface area contributed by atoms with Crippen molar-refractivity contribution in [2.75, 3.05) is 19.6 Å². The van der Waals surface area contributed by atoms with E-state index in [-0.39, 0.29) is 11.3 Å². The topological polar surface area (TPSA) is 113 Å². The van der Waals surface area contributed by atoms with E-state index in [4.69, 9.17) is 8.83 Å². The molecule has 0 aliphatic carbocycles. The van der Waals surface area contributed by atoms with Gasteiger partial charge in [-0.2, -0.15) is 0 Å². The quantitative estimate of drug-likeness (QED) is 0.859. The Morgan fingerprint density at radius 3 is 2.70 bits per heavy atom. The summed E-state index contributed by atoms with van der Waals surface area (Å²) in [5, 5.41) is 17.5. The lowest BCUT2D eigenvalue weighted by Crippen LogP contribution is -2.42. The number of carboxylic acid groups (broad SMARTS) is 1. The minimum atomic E-state index is -0.916. The average molecular weight is 374 g/mol. The van der Waals surface area contributed by atoms with Gasteiger partial charge in [-0.1, -0.05) is 0 Å². The largest absolute Gasteiger partial charge is 0.480 e. The molecule has 27 heavy (non-hydrogen) atoms. The summed E-state index contributed by atoms with van der Waals surface area (Å²) in [6.45, 7) is 4.11. The zero-order valence-electron chi connectivity index (χ0n) is 15.1. The van der Waals surface area contributed by atoms with E-state index >= 15 is 0 Å². The van der Waals surface area contributed by atoms with Crippen molar-refractivity contribution in [2.24, 2.45) is 5.41 Å². The maximum Gasteiger partial charge on any atom is 0.326 e. The number of nitrogens with zero attached hydrogens (tertiary/aromatic N) is 4. The number of aliphatic carboxylic acids is 1. The molecule has 1 N–H and O–H groups in total. The molecule has 4 heterocycles. The minimum absolute atomic E-state index is 0.112. The predicted octanol–water partition coefficient (Wildman–Crippen LogP) is 1.62. The standard InChI is InChI=1S/C18H22N4O5/c1-12(23)22-11-18(9-13(22)17(24)25)4-6-21(7-5-18)10-15-19-20-16(27-15)14-3-2-8-26-14/h2-3,8,13H,4-7,9-11H2,1H3,(H,24,25)/t13-/m0/s1. The fourth-order valence-corrected chi connectivity index (χ4v) is 4.16. The van der Waals surface area contributed by atoms with Crippen LogP contribution in [0.15, 0.2) is 27.2 Å². The molecule has 2 aromatic rings. The lowest BCUT2D eigenvalue weighted by molar-refractivity contribution is -0.147. The fourth-order valence-electron chi connectivity index (χ4n) is 4.16. The van der Waals surface area contributed by atoms with Gasteiger partial charge in [0.15, 0.2) is 5.76 Å². The molecule has 2 fully saturated rings. The van der Waals surface area contributed by atoms with Crippen LogP contribution in [-0.2, 0) is 16.1 Å². The predicted molar refractivity (Wildman–Crippen MR) is 92.4 cm³/mol. The van der Waals surface area contributed by atoms with Gasteiger partial charge in [0.05, 0.1) is 12.8 Å². The van der Waals surface area contributed by atoms with Crippen LogP contribution in [-0.4, -0.2) is 62.7 Å². The Hall–Kier alpha value is -2.68. The number of likely N-dealkylation sites (tertiary alicyclic amines) is 2. The van der Waals surface area contributed by atoms with E-state index in [1.165, 1.54) is 11.8 Å². The van der Waals surface area contributed by atoms with Crippen molar-refractivity contribution in [3.63, 3.8) is 0 Å². The molecule has 144 valence electrons. The first-order valence-electron chi connectivity index (χ1n) is 9.04. The highest BCUT2D eigenvalue weighted by Crippen LogP contribution is 2.43. The zero-order chi connectivity index (χ0) is 19.0. The number of furan rings is 1. The summed E-state index contributed by atoms with van der Waals surface area (Å²) >= 11 is 0. The molecule has 1 atom stereocenters. The highest BCUT2D eigenvalue weighted by molar-refractivity contribution is 5.83. The second kappa shape index (κ2) is 6.80. The monoisotopic (exact) mass is 374 g/mol. The molecular weight excluding hydrogens is 352 g/mol. The summed E-state index contributed by atoms with van der Waals surface area (Å²) in [6.07, 6.45) is 3.78. The zero-order valence-corrected chi connectivity index (χ0v) is 15.1. The summed E-state index contributed by atoms with van der Waals surface area (Å²) in [6, 6.07) is 2.82. The summed E-state index contributed by atoms with van der Waals surface area (Å²) in [4.78, 5) is 27.0. The van der Waals surface area contributed by atoms with Crippen LogP contribution in [0, 0.1) is 5.41 Å². The van der Waals surface area contributed by atoms with E-state index in [1.807, 2.05) is 0 Å². The van der Waals surface area contributed by atoms with Crippen molar-refractivity contribution in [2.45, 2.75) is 38.8 Å². The molecule has 0 bridgehead atoms. The summed E-state index contributed by atoms with van der Waals surface area (Å²) < 4.78 is 10.9. The molecule has 9 heteroatoms. The number of carbonyl (C=O) groups is 2. The van der Waals surface area contributed by atoms with Gasteiger partial charge in [-0.3, -0.25) is 9.69 Å². The molecule has 0 aromatic carbocycles. The maximum absolute atomic E-state index is 11.8. The van der Waals surface area contributed by atoms with Gasteiger partial charge in [0.25, 0.3) is 5.89 Å². The Kier molecular flexibility index (Phi) is 4.47. The molecule has 9 nitrogen and oxygen atoms in total. The van der Waals surface area contributed by atoms with Crippen molar-refractivity contribution >= 4 is 11.9 Å². The third-order valence-electron chi connectivity index (χ3n) is 5.67. The number of carbonyl (C=O) groups excluding carboxylic acids is 1. The molecule has 4 rings (SSSR count). The normalized spacial score (nSPS) is 22.4. The van der Waals surface area contributed by atoms with E-state index in [0.29, 0.717) is 37.1 Å². The first-order valence-corrected chi connectivity index (χ1v) is 9.04. The molecule has 1 spiro atoms. The van der Waals surface area contributed by atoms with Crippen molar-refractivity contribution in [3.8, 4) is 11.7 Å². The Balaban J connectivity index is 1.37. The third-order valence-corrected chi connectivity index (χ3v) is 5.67. The van der Waals surface area contributed by atoms with Gasteiger partial charge in [0.2, 0.25) is 11.8 Å². The van der Waals surface area contributed by atoms with E-state index in [2.05, 4.69) is 15.1 Å². The molecule has 2 aliphatic rings. The molecule has 0 saturated carbocycles. The first kappa shape index (κ1) is 17.7. The highest BCUT2D eigenvalue weighted by atomic mass is 16.4. The summed E-state index contributed by atoms with van der Waals surface area (Å²) in [5.74, 6) is 0.346. The van der Waals surface area contributed by atoms with E-state index < -0.39 is 12.0 Å². The second-order valence-electron chi connectivity index (χ2n) is 7.46. The van der Waals surface area contributed by atoms with E-state index in [0.717, 1.165) is 25.9 Å². The second-order valence-corrected chi connectivity index (χ2v) is 7.46. The lowest BCUT2D eigenvalue weighted by Gasteiger charge is -2.38. The van der Waals surface area contributed by atoms with Crippen LogP contribution in [0.25, 0.3) is 11.7 Å². The number of piperidine rings is 1. The van der Waals surface area contributed by atoms with Gasteiger partial charge < -0.3 is 18.8 Å². The van der Waals surface area contributed by atoms with Gasteiger partial charge in [0.1, 0.15) is 6.04 Å². The Labute approximate surface area is 155 Å². The van der Waals surface area contributed by atoms with Crippen molar-refractivity contribution in [1.82, 2.24) is 20.0 Å². The molecule has 2 aromatic heterocycles. The van der Waals surface area contributed by atoms with E-state index in [9.17, 15) is 14.7 Å². The lowest BCUT2D eigenvalue weighted by atomic mass is 9.76. The van der Waals surface area contributed by atoms with E-state index in [1.54, 1.807) is 18.4 Å². The summed E-state index contributed by atoms with van der Waals surface area (Å²) in [5.41, 5.74) is -0.112. The van der Waals surface area contributed by atoms with Crippen molar-refractivity contribution in [3.05, 3.63) is 24.3 Å². The molecule has 2 aliphatic heterocycles. The number of carboxylic acids is 1. The smallest absolute Gasteiger partial charge is 0.326 e. The molecule has 0 unspecified atom stereocenters. The van der Waals surface area contributed by atoms with Gasteiger partial charge in [-0.25, -0.2) is 4.79 Å². The number of hydrogen-bond donors (Lipinski definition) is 1. The van der Waals surface area contributed by atoms with Gasteiger partial charge in [0, 0.05) is 13.5 Å². The van der Waals surface area contributed by atoms with Crippen molar-refractivity contribution in [1.29, 1.82) is 0 Å². The number of amides is 1. The number of rotatable bonds is 4. The highest BCUT2D eigenvalue weighted by Gasteiger charge is 2.49. The van der Waals surface area contributed by atoms with Crippen LogP contribution in [0.2, 0.25) is 0 Å². The minimum Gasteiger partial charge on any atom is -0.480 e. The van der Waals surface area contributed by atoms with Crippen LogP contribution >= 0.6 is 0 Å². The van der Waals surface area contributed by atoms with Gasteiger partial charge >= 0.3 is 5.97 Å². The number of hydrogen-bond acceptors (Lipinski definition) is 7. The Bertz CT molecular complexity index is 799. The van der Waals surface area contributed by atoms with Crippen molar-refractivity contribution < 1.29 is 23.5 Å². The Morgan fingerprint density at radius 1 is 1.33 bits per heavy atom. The molecule has 2 saturated heterocycles. The van der Waals surface area contributed by atoms with Crippen LogP contribution in [0.4, 0.5) is 0 Å². The van der Waals surface area contributed by atoms with Crippen LogP contribution in [0.3, 0.4) is 0 Å². The maximum atomic E-state index is 11.8. The van der Waals surface area contributed by atoms with Crippen LogP contribution in [0.5, 0.6) is 0 Å². The van der Waals surface area contributed by atoms with Crippen LogP contribution in [0.1, 0.15) is 32.1 Å². The Morgan fingerprint density at radius 2 is 2.11 bits per heavy atom. The number of aromatic nitrogens is 2. The van der Waals surface area contributed by atoms with Gasteiger partial charge in [-0.15, -0.1) is 10.2 Å². The van der Waals surface area contributed by atoms with Gasteiger partial charge in [-0.05, 0) is 49.9 Å². The molecular formula is C18H22N4O5. The average Bonchev–Trinajstić information content (AvgIpc) is 3.36. The molecule has 0 radical (unpaired) electrons.